The minimum absolute atomic E-state index is 0.0365. The molecule has 0 aromatic heterocycles. The third-order valence-electron chi connectivity index (χ3n) is 6.52. The molecule has 0 spiro atoms. The van der Waals surface area contributed by atoms with E-state index in [-0.39, 0.29) is 34.7 Å². The predicted octanol–water partition coefficient (Wildman–Crippen LogP) is 6.62. The molecule has 0 aliphatic heterocycles. The largest absolute Gasteiger partial charge is 0.352 e. The Bertz CT molecular complexity index is 1470. The molecule has 0 fully saturated rings. The number of rotatable bonds is 12. The summed E-state index contributed by atoms with van der Waals surface area (Å²) in [5.74, 6) is -1.06. The van der Waals surface area contributed by atoms with E-state index in [9.17, 15) is 18.0 Å². The summed E-state index contributed by atoms with van der Waals surface area (Å²) >= 11 is 25.4. The SMILES string of the molecule is CC[C@@H](C)NC(=O)[C@H](Cc1ccccc1)N(Cc1c(Cl)cccc1Cl)C(=O)CN(c1cc(Cl)ccc1Cl)S(C)(=O)=O. The van der Waals surface area contributed by atoms with Gasteiger partial charge in [-0.2, -0.15) is 0 Å². The van der Waals surface area contributed by atoms with Gasteiger partial charge < -0.3 is 10.2 Å². The van der Waals surface area contributed by atoms with Crippen LogP contribution < -0.4 is 9.62 Å². The molecule has 3 aromatic rings. The normalized spacial score (nSPS) is 12.9. The van der Waals surface area contributed by atoms with Gasteiger partial charge in [-0.25, -0.2) is 8.42 Å². The van der Waals surface area contributed by atoms with Crippen molar-refractivity contribution in [3.05, 3.63) is 97.9 Å². The van der Waals surface area contributed by atoms with Crippen LogP contribution in [0.2, 0.25) is 20.1 Å². The van der Waals surface area contributed by atoms with Crippen molar-refractivity contribution in [2.24, 2.45) is 0 Å². The van der Waals surface area contributed by atoms with Gasteiger partial charge in [0.25, 0.3) is 0 Å². The molecule has 12 heteroatoms. The maximum absolute atomic E-state index is 14.2. The smallest absolute Gasteiger partial charge is 0.244 e. The Hall–Kier alpha value is -2.49. The van der Waals surface area contributed by atoms with Gasteiger partial charge in [0.05, 0.1) is 17.0 Å². The van der Waals surface area contributed by atoms with Crippen molar-refractivity contribution in [3.63, 3.8) is 0 Å². The van der Waals surface area contributed by atoms with Gasteiger partial charge in [0.1, 0.15) is 12.6 Å². The summed E-state index contributed by atoms with van der Waals surface area (Å²) in [4.78, 5) is 29.2. The van der Waals surface area contributed by atoms with Crippen LogP contribution in [0.3, 0.4) is 0 Å². The highest BCUT2D eigenvalue weighted by molar-refractivity contribution is 7.92. The van der Waals surface area contributed by atoms with Crippen molar-refractivity contribution in [1.82, 2.24) is 10.2 Å². The number of nitrogens with zero attached hydrogens (tertiary/aromatic N) is 2. The van der Waals surface area contributed by atoms with Crippen LogP contribution in [0.4, 0.5) is 5.69 Å². The molecule has 0 heterocycles. The molecule has 1 N–H and O–H groups in total. The van der Waals surface area contributed by atoms with Gasteiger partial charge in [-0.3, -0.25) is 13.9 Å². The molecule has 0 radical (unpaired) electrons. The summed E-state index contributed by atoms with van der Waals surface area (Å²) in [5, 5.41) is 3.89. The van der Waals surface area contributed by atoms with E-state index in [2.05, 4.69) is 5.32 Å². The first kappa shape index (κ1) is 33.0. The maximum atomic E-state index is 14.2. The molecule has 0 aliphatic rings. The summed E-state index contributed by atoms with van der Waals surface area (Å²) in [6.07, 6.45) is 1.79. The number of halogens is 4. The van der Waals surface area contributed by atoms with Crippen LogP contribution in [0.25, 0.3) is 0 Å². The number of hydrogen-bond acceptors (Lipinski definition) is 4. The molecule has 0 bridgehead atoms. The molecule has 3 aromatic carbocycles. The first-order valence-electron chi connectivity index (χ1n) is 12.8. The summed E-state index contributed by atoms with van der Waals surface area (Å²) in [5.41, 5.74) is 1.26. The highest BCUT2D eigenvalue weighted by Crippen LogP contribution is 2.32. The molecular formula is C29H31Cl4N3O4S. The average Bonchev–Trinajstić information content (AvgIpc) is 2.91. The Morgan fingerprint density at radius 1 is 0.902 bits per heavy atom. The number of carbonyl (C=O) groups excluding carboxylic acids is 2. The monoisotopic (exact) mass is 657 g/mol. The van der Waals surface area contributed by atoms with Crippen molar-refractivity contribution < 1.29 is 18.0 Å². The molecule has 0 aliphatic carbocycles. The van der Waals surface area contributed by atoms with E-state index in [1.807, 2.05) is 44.2 Å². The lowest BCUT2D eigenvalue weighted by atomic mass is 10.0. The van der Waals surface area contributed by atoms with E-state index >= 15 is 0 Å². The first-order chi connectivity index (χ1) is 19.3. The molecule has 0 unspecified atom stereocenters. The number of benzene rings is 3. The van der Waals surface area contributed by atoms with Crippen molar-refractivity contribution in [3.8, 4) is 0 Å². The van der Waals surface area contributed by atoms with Crippen molar-refractivity contribution in [2.45, 2.75) is 45.3 Å². The van der Waals surface area contributed by atoms with Crippen LogP contribution in [0, 0.1) is 0 Å². The van der Waals surface area contributed by atoms with Crippen molar-refractivity contribution >= 4 is 73.9 Å². The molecule has 41 heavy (non-hydrogen) atoms. The second-order valence-corrected chi connectivity index (χ2v) is 13.2. The third-order valence-corrected chi connectivity index (χ3v) is 8.91. The molecule has 2 atom stereocenters. The fourth-order valence-corrected chi connectivity index (χ4v) is 5.93. The second kappa shape index (κ2) is 14.6. The molecule has 0 saturated carbocycles. The minimum Gasteiger partial charge on any atom is -0.352 e. The number of anilines is 1. The lowest BCUT2D eigenvalue weighted by Gasteiger charge is -2.34. The predicted molar refractivity (Wildman–Crippen MR) is 167 cm³/mol. The lowest BCUT2D eigenvalue weighted by Crippen LogP contribution is -2.54. The Labute approximate surface area is 261 Å². The molecule has 3 rings (SSSR count). The topological polar surface area (TPSA) is 86.8 Å². The minimum atomic E-state index is -4.01. The van der Waals surface area contributed by atoms with Gasteiger partial charge in [0, 0.05) is 39.6 Å². The summed E-state index contributed by atoms with van der Waals surface area (Å²) in [6, 6.07) is 17.3. The maximum Gasteiger partial charge on any atom is 0.244 e. The van der Waals surface area contributed by atoms with Gasteiger partial charge in [-0.1, -0.05) is 89.7 Å². The highest BCUT2D eigenvalue weighted by Gasteiger charge is 2.34. The van der Waals surface area contributed by atoms with Crippen LogP contribution in [0.1, 0.15) is 31.4 Å². The Morgan fingerprint density at radius 3 is 2.12 bits per heavy atom. The fourth-order valence-electron chi connectivity index (χ4n) is 4.12. The van der Waals surface area contributed by atoms with Gasteiger partial charge in [0.2, 0.25) is 21.8 Å². The lowest BCUT2D eigenvalue weighted by molar-refractivity contribution is -0.140. The second-order valence-electron chi connectivity index (χ2n) is 9.61. The quantitative estimate of drug-likeness (QED) is 0.237. The fraction of sp³-hybridized carbons (Fsp3) is 0.310. The Morgan fingerprint density at radius 2 is 1.54 bits per heavy atom. The van der Waals surface area contributed by atoms with E-state index in [0.717, 1.165) is 16.1 Å². The molecular weight excluding hydrogens is 628 g/mol. The van der Waals surface area contributed by atoms with Crippen molar-refractivity contribution in [2.75, 3.05) is 17.1 Å². The zero-order chi connectivity index (χ0) is 30.3. The van der Waals surface area contributed by atoms with Crippen LogP contribution in [0.15, 0.2) is 66.7 Å². The number of nitrogens with one attached hydrogen (secondary N) is 1. The van der Waals surface area contributed by atoms with E-state index in [1.165, 1.54) is 23.1 Å². The average molecular weight is 659 g/mol. The van der Waals surface area contributed by atoms with Crippen LogP contribution in [0.5, 0.6) is 0 Å². The van der Waals surface area contributed by atoms with E-state index < -0.39 is 34.4 Å². The van der Waals surface area contributed by atoms with E-state index in [0.29, 0.717) is 22.0 Å². The standard InChI is InChI=1S/C29H31Cl4N3O4S/c1-4-19(2)34-29(38)27(15-20-9-6-5-7-10-20)35(17-22-23(31)11-8-12-24(22)32)28(37)18-36(41(3,39)40)26-16-21(30)13-14-25(26)33/h5-14,16,19,27H,4,15,17-18H2,1-3H3,(H,34,38)/t19-,27+/m1/s1. The zero-order valence-corrected chi connectivity index (χ0v) is 26.6. The molecule has 2 amide bonds. The highest BCUT2D eigenvalue weighted by atomic mass is 35.5. The summed E-state index contributed by atoms with van der Waals surface area (Å²) in [7, 11) is -4.01. The van der Waals surface area contributed by atoms with E-state index in [1.54, 1.807) is 18.2 Å². The van der Waals surface area contributed by atoms with Gasteiger partial charge in [-0.05, 0) is 49.2 Å². The molecule has 0 saturated heterocycles. The number of hydrogen-bond donors (Lipinski definition) is 1. The Balaban J connectivity index is 2.13. The van der Waals surface area contributed by atoms with E-state index in [4.69, 9.17) is 46.4 Å². The Kier molecular flexibility index (Phi) is 11.8. The van der Waals surface area contributed by atoms with Gasteiger partial charge in [0.15, 0.2) is 0 Å². The van der Waals surface area contributed by atoms with Crippen molar-refractivity contribution in [1.29, 1.82) is 0 Å². The third kappa shape index (κ3) is 9.00. The first-order valence-corrected chi connectivity index (χ1v) is 16.2. The zero-order valence-electron chi connectivity index (χ0n) is 22.8. The summed E-state index contributed by atoms with van der Waals surface area (Å²) in [6.45, 7) is 3.00. The van der Waals surface area contributed by atoms with Crippen LogP contribution in [-0.4, -0.2) is 50.0 Å². The van der Waals surface area contributed by atoms with Crippen LogP contribution >= 0.6 is 46.4 Å². The van der Waals surface area contributed by atoms with Crippen LogP contribution in [-0.2, 0) is 32.6 Å². The number of carbonyl (C=O) groups is 2. The van der Waals surface area contributed by atoms with Gasteiger partial charge >= 0.3 is 0 Å². The molecule has 7 nitrogen and oxygen atoms in total. The number of sulfonamides is 1. The summed E-state index contributed by atoms with van der Waals surface area (Å²) < 4.78 is 26.7. The number of amides is 2. The van der Waals surface area contributed by atoms with Gasteiger partial charge in [-0.15, -0.1) is 0 Å². The molecule has 220 valence electrons.